The van der Waals surface area contributed by atoms with Crippen molar-refractivity contribution in [1.29, 1.82) is 0 Å². The van der Waals surface area contributed by atoms with Crippen LogP contribution < -0.4 is 16.0 Å². The van der Waals surface area contributed by atoms with Gasteiger partial charge in [-0.2, -0.15) is 11.8 Å². The molecule has 2 aliphatic heterocycles. The summed E-state index contributed by atoms with van der Waals surface area (Å²) in [5.41, 5.74) is 8.98. The zero-order chi connectivity index (χ0) is 57.9. The molecule has 15 heteroatoms. The molecule has 0 bridgehead atoms. The van der Waals surface area contributed by atoms with Crippen molar-refractivity contribution < 1.29 is 53.9 Å². The Kier molecular flexibility index (Phi) is 22.5. The van der Waals surface area contributed by atoms with Crippen molar-refractivity contribution in [3.63, 3.8) is 0 Å². The van der Waals surface area contributed by atoms with Crippen LogP contribution in [0.2, 0.25) is 0 Å². The van der Waals surface area contributed by atoms with Gasteiger partial charge >= 0.3 is 12.0 Å². The quantitative estimate of drug-likeness (QED) is 0.0219. The number of urea groups is 1. The summed E-state index contributed by atoms with van der Waals surface area (Å²) in [6.07, 6.45) is 7.12. The first-order valence-electron chi connectivity index (χ1n) is 28.7. The largest absolute Gasteiger partial charge is 0.477 e. The van der Waals surface area contributed by atoms with Crippen LogP contribution in [-0.2, 0) is 45.6 Å². The average molecular weight is 1330 g/mol. The van der Waals surface area contributed by atoms with Crippen LogP contribution in [0.4, 0.5) is 4.79 Å². The van der Waals surface area contributed by atoms with E-state index in [1.807, 2.05) is 84.6 Å². The summed E-state index contributed by atoms with van der Waals surface area (Å²) < 4.78 is 11.1. The van der Waals surface area contributed by atoms with Crippen LogP contribution in [0.1, 0.15) is 61.0 Å². The number of amides is 3. The number of ether oxygens (including phenoxy) is 2. The summed E-state index contributed by atoms with van der Waals surface area (Å²) in [6.45, 7) is 2.27. The number of thioether (sulfide) groups is 1. The summed E-state index contributed by atoms with van der Waals surface area (Å²) >= 11 is 1.89. The summed E-state index contributed by atoms with van der Waals surface area (Å²) in [4.78, 5) is 60.3. The molecule has 85 heavy (non-hydrogen) atoms. The number of fused-ring (bicyclic) bond motifs is 7. The molecule has 0 saturated carbocycles. The Morgan fingerprint density at radius 2 is 1.15 bits per heavy atom. The number of rotatable bonds is 22. The number of carboxylic acid groups (broad SMARTS) is 1. The van der Waals surface area contributed by atoms with Gasteiger partial charge in [0.15, 0.2) is 0 Å². The van der Waals surface area contributed by atoms with E-state index in [0.717, 1.165) is 75.3 Å². The SMILES string of the molecule is O=C(CCCOCCOCCNC(=O)CCCCC1SCC2NC(=O)NC21)CCc1ccc(-c2ccc(C(=O)O)nc2)cc1.[Ir].[c-]1ccccc1-c1nc2ccccc2c2ccccc12.[c-]1ccccc1-c1nc2ccccc2c2ccccc12. The number of carbonyl (C=O) groups excluding carboxylic acids is 3. The van der Waals surface area contributed by atoms with E-state index >= 15 is 0 Å². The van der Waals surface area contributed by atoms with Crippen molar-refractivity contribution in [2.45, 2.75) is 68.7 Å². The van der Waals surface area contributed by atoms with Crippen LogP contribution in [0.3, 0.4) is 0 Å². The zero-order valence-corrected chi connectivity index (χ0v) is 50.2. The van der Waals surface area contributed by atoms with E-state index < -0.39 is 5.97 Å². The van der Waals surface area contributed by atoms with Gasteiger partial charge < -0.3 is 30.5 Å². The van der Waals surface area contributed by atoms with Crippen molar-refractivity contribution in [2.75, 3.05) is 38.7 Å². The van der Waals surface area contributed by atoms with E-state index in [1.54, 1.807) is 12.3 Å². The maximum absolute atomic E-state index is 12.3. The molecule has 4 N–H and O–H groups in total. The second-order valence-corrected chi connectivity index (χ2v) is 21.9. The van der Waals surface area contributed by atoms with Gasteiger partial charge in [-0.05, 0) is 87.9 Å². The van der Waals surface area contributed by atoms with E-state index in [2.05, 4.69) is 130 Å². The minimum absolute atomic E-state index is 0. The summed E-state index contributed by atoms with van der Waals surface area (Å²) in [6, 6.07) is 67.4. The summed E-state index contributed by atoms with van der Waals surface area (Å²) in [7, 11) is 0. The van der Waals surface area contributed by atoms with Gasteiger partial charge in [0, 0.05) is 86.1 Å². The second-order valence-electron chi connectivity index (χ2n) is 20.6. The van der Waals surface area contributed by atoms with Crippen LogP contribution in [0.15, 0.2) is 188 Å². The molecule has 3 aromatic heterocycles. The van der Waals surface area contributed by atoms with Crippen molar-refractivity contribution >= 4 is 78.8 Å². The molecule has 0 spiro atoms. The number of para-hydroxylation sites is 2. The van der Waals surface area contributed by atoms with Crippen molar-refractivity contribution in [3.8, 4) is 33.6 Å². The monoisotopic (exact) mass is 1330 g/mol. The van der Waals surface area contributed by atoms with Gasteiger partial charge in [-0.3, -0.25) is 19.6 Å². The average Bonchev–Trinajstić information content (AvgIpc) is 4.18. The Bertz CT molecular complexity index is 3690. The molecule has 2 saturated heterocycles. The number of carboxylic acids is 1. The number of unbranched alkanes of at least 4 members (excludes halogenated alkanes) is 1. The number of Topliss-reactive ketones (excluding diaryl/α,β-unsaturated/α-hetero) is 1. The van der Waals surface area contributed by atoms with Crippen LogP contribution in [-0.4, -0.2) is 99.8 Å². The molecule has 7 aromatic carbocycles. The number of carbonyl (C=O) groups is 4. The molecule has 3 amide bonds. The predicted octanol–water partition coefficient (Wildman–Crippen LogP) is 13.3. The van der Waals surface area contributed by atoms with Crippen molar-refractivity contribution in [2.24, 2.45) is 0 Å². The Morgan fingerprint density at radius 3 is 1.73 bits per heavy atom. The number of ketones is 1. The molecule has 2 aliphatic rings. The van der Waals surface area contributed by atoms with E-state index in [4.69, 9.17) is 24.5 Å². The molecule has 435 valence electrons. The molecule has 13 nitrogen and oxygen atoms in total. The Labute approximate surface area is 513 Å². The molecule has 2 fully saturated rings. The Balaban J connectivity index is 0.000000172. The first kappa shape index (κ1) is 61.4. The topological polar surface area (TPSA) is 182 Å². The number of aryl methyl sites for hydroxylation is 1. The molecular weight excluding hydrogens is 1260 g/mol. The van der Waals surface area contributed by atoms with Gasteiger partial charge in [-0.15, -0.1) is 71.8 Å². The van der Waals surface area contributed by atoms with Gasteiger partial charge in [0.1, 0.15) is 11.5 Å². The van der Waals surface area contributed by atoms with E-state index in [9.17, 15) is 19.2 Å². The third kappa shape index (κ3) is 16.6. The fourth-order valence-electron chi connectivity index (χ4n) is 10.6. The second kappa shape index (κ2) is 31.1. The molecule has 3 unspecified atom stereocenters. The van der Waals surface area contributed by atoms with Crippen molar-refractivity contribution in [1.82, 2.24) is 30.9 Å². The maximum Gasteiger partial charge on any atom is 0.354 e. The van der Waals surface area contributed by atoms with E-state index in [0.29, 0.717) is 70.3 Å². The minimum Gasteiger partial charge on any atom is -0.477 e. The van der Waals surface area contributed by atoms with Gasteiger partial charge in [-0.25, -0.2) is 14.6 Å². The fourth-order valence-corrected chi connectivity index (χ4v) is 12.1. The third-order valence-electron chi connectivity index (χ3n) is 14.9. The predicted molar refractivity (Wildman–Crippen MR) is 335 cm³/mol. The first-order chi connectivity index (χ1) is 41.3. The van der Waals surface area contributed by atoms with E-state index in [1.165, 1.54) is 38.4 Å². The van der Waals surface area contributed by atoms with Gasteiger partial charge in [0.2, 0.25) is 5.91 Å². The molecule has 1 radical (unpaired) electrons. The van der Waals surface area contributed by atoms with Crippen molar-refractivity contribution in [3.05, 3.63) is 212 Å². The third-order valence-corrected chi connectivity index (χ3v) is 16.4. The smallest absolute Gasteiger partial charge is 0.354 e. The first-order valence-corrected chi connectivity index (χ1v) is 29.7. The summed E-state index contributed by atoms with van der Waals surface area (Å²) in [5.74, 6) is 0.127. The molecular formula is C70H66IrN6O7S-2. The van der Waals surface area contributed by atoms with E-state index in [-0.39, 0.29) is 55.6 Å². The van der Waals surface area contributed by atoms with Crippen LogP contribution in [0.25, 0.3) is 77.0 Å². The number of aromatic nitrogens is 3. The standard InChI is InChI=1S/C32H42N4O7S.2C19H12N.Ir/c37-25(13-9-22-7-10-23(11-8-22)24-12-14-26(31(39)40)34-20-24)4-3-16-42-18-19-43-17-15-33-29(38)6-2-1-5-28-30-27(21-44-28)35-32(41)36-30;2*1-2-8-14(9-3-1)19-17-12-5-4-10-15(17)16-11-6-7-13-18(16)20-19;/h7-8,10-12,14,20,27-28,30H,1-6,9,13,15-19,21H2,(H,33,38)(H,39,40)(H2,35,36,41);2*1-8,10-13H;/q;2*-1;. The zero-order valence-electron chi connectivity index (χ0n) is 47.0. The fraction of sp³-hybridized carbons (Fsp3) is 0.243. The molecule has 0 aliphatic carbocycles. The van der Waals surface area contributed by atoms with Crippen LogP contribution in [0, 0.1) is 12.1 Å². The van der Waals surface area contributed by atoms with Gasteiger partial charge in [-0.1, -0.05) is 122 Å². The van der Waals surface area contributed by atoms with Crippen LogP contribution >= 0.6 is 11.8 Å². The maximum atomic E-state index is 12.3. The van der Waals surface area contributed by atoms with Gasteiger partial charge in [0.05, 0.1) is 42.9 Å². The number of nitrogens with one attached hydrogen (secondary N) is 3. The molecule has 5 heterocycles. The normalized spacial score (nSPS) is 14.9. The molecule has 10 aromatic rings. The minimum atomic E-state index is -1.05. The number of nitrogens with zero attached hydrogens (tertiary/aromatic N) is 3. The number of benzene rings is 7. The Morgan fingerprint density at radius 1 is 0.588 bits per heavy atom. The Hall–Kier alpha value is -8.17. The summed E-state index contributed by atoms with van der Waals surface area (Å²) in [5, 5.41) is 25.4. The number of aromatic carboxylic acids is 1. The van der Waals surface area contributed by atoms with Crippen LogP contribution in [0.5, 0.6) is 0 Å². The molecule has 3 atom stereocenters. The number of pyridine rings is 3. The molecule has 12 rings (SSSR count). The number of hydrogen-bond acceptors (Lipinski definition) is 10. The number of hydrogen-bond donors (Lipinski definition) is 4. The van der Waals surface area contributed by atoms with Gasteiger partial charge in [0.25, 0.3) is 0 Å².